The molecule has 0 aromatic heterocycles. The number of rotatable bonds is 8. The lowest BCUT2D eigenvalue weighted by atomic mass is 9.71. The van der Waals surface area contributed by atoms with Gasteiger partial charge in [-0.3, -0.25) is 9.59 Å². The largest absolute Gasteiger partial charge is 0.413 e. The number of Topliss-reactive ketones (excluding diaryl/α,β-unsaturated/α-hetero) is 2. The Morgan fingerprint density at radius 3 is 2.11 bits per heavy atom. The SMILES string of the molecule is CC(C)C1CCC(=O)CC1CCCCC1CC(=O)CC1O[Si](C)(C)C(C)(C)C. The Morgan fingerprint density at radius 1 is 0.964 bits per heavy atom. The van der Waals surface area contributed by atoms with Crippen molar-refractivity contribution >= 4 is 19.9 Å². The first-order valence-corrected chi connectivity index (χ1v) is 14.5. The van der Waals surface area contributed by atoms with Crippen LogP contribution in [-0.2, 0) is 14.0 Å². The highest BCUT2D eigenvalue weighted by Crippen LogP contribution is 2.42. The van der Waals surface area contributed by atoms with Crippen LogP contribution in [-0.4, -0.2) is 26.0 Å². The van der Waals surface area contributed by atoms with Crippen LogP contribution in [0.4, 0.5) is 0 Å². The summed E-state index contributed by atoms with van der Waals surface area (Å²) in [4.78, 5) is 24.1. The number of ketones is 2. The van der Waals surface area contributed by atoms with Crippen molar-refractivity contribution in [2.24, 2.45) is 23.7 Å². The maximum Gasteiger partial charge on any atom is 0.192 e. The highest BCUT2D eigenvalue weighted by molar-refractivity contribution is 6.74. The molecule has 2 aliphatic rings. The lowest BCUT2D eigenvalue weighted by Crippen LogP contribution is -2.44. The normalized spacial score (nSPS) is 29.7. The number of unbranched alkanes of at least 4 members (excludes halogenated alkanes) is 1. The van der Waals surface area contributed by atoms with Crippen LogP contribution in [0.5, 0.6) is 0 Å². The average molecular weight is 409 g/mol. The van der Waals surface area contributed by atoms with Crippen molar-refractivity contribution in [1.29, 1.82) is 0 Å². The topological polar surface area (TPSA) is 43.4 Å². The molecule has 0 heterocycles. The van der Waals surface area contributed by atoms with Gasteiger partial charge in [0.15, 0.2) is 8.32 Å². The third-order valence-electron chi connectivity index (χ3n) is 7.80. The van der Waals surface area contributed by atoms with Crippen molar-refractivity contribution in [3.05, 3.63) is 0 Å². The molecule has 0 bridgehead atoms. The van der Waals surface area contributed by atoms with E-state index in [1.165, 1.54) is 12.8 Å². The van der Waals surface area contributed by atoms with E-state index in [1.54, 1.807) is 0 Å². The second-order valence-corrected chi connectivity index (χ2v) is 16.1. The van der Waals surface area contributed by atoms with Crippen LogP contribution < -0.4 is 0 Å². The lowest BCUT2D eigenvalue weighted by molar-refractivity contribution is -0.123. The summed E-state index contributed by atoms with van der Waals surface area (Å²) in [6.45, 7) is 16.0. The predicted octanol–water partition coefficient (Wildman–Crippen LogP) is 6.56. The molecule has 2 saturated carbocycles. The predicted molar refractivity (Wildman–Crippen MR) is 119 cm³/mol. The Kier molecular flexibility index (Phi) is 8.12. The van der Waals surface area contributed by atoms with Crippen LogP contribution in [0, 0.1) is 23.7 Å². The van der Waals surface area contributed by atoms with Crippen LogP contribution in [0.15, 0.2) is 0 Å². The van der Waals surface area contributed by atoms with Crippen molar-refractivity contribution in [3.63, 3.8) is 0 Å². The summed E-state index contributed by atoms with van der Waals surface area (Å²) in [5.41, 5.74) is 0. The first-order valence-electron chi connectivity index (χ1n) is 11.6. The fourth-order valence-corrected chi connectivity index (χ4v) is 6.38. The molecule has 4 unspecified atom stereocenters. The highest BCUT2D eigenvalue weighted by atomic mass is 28.4. The molecule has 0 N–H and O–H groups in total. The summed E-state index contributed by atoms with van der Waals surface area (Å²) in [5, 5.41) is 0.183. The van der Waals surface area contributed by atoms with Gasteiger partial charge >= 0.3 is 0 Å². The Labute approximate surface area is 174 Å². The van der Waals surface area contributed by atoms with Gasteiger partial charge < -0.3 is 4.43 Å². The minimum atomic E-state index is -1.83. The molecule has 0 saturated heterocycles. The highest BCUT2D eigenvalue weighted by Gasteiger charge is 2.43. The number of hydrogen-bond acceptors (Lipinski definition) is 3. The van der Waals surface area contributed by atoms with Gasteiger partial charge in [-0.25, -0.2) is 0 Å². The number of hydrogen-bond donors (Lipinski definition) is 0. The molecule has 28 heavy (non-hydrogen) atoms. The van der Waals surface area contributed by atoms with Crippen molar-refractivity contribution < 1.29 is 14.0 Å². The molecule has 0 aromatic rings. The van der Waals surface area contributed by atoms with Crippen LogP contribution >= 0.6 is 0 Å². The minimum Gasteiger partial charge on any atom is -0.413 e. The van der Waals surface area contributed by atoms with Gasteiger partial charge in [0.2, 0.25) is 0 Å². The van der Waals surface area contributed by atoms with Gasteiger partial charge in [0.25, 0.3) is 0 Å². The van der Waals surface area contributed by atoms with E-state index in [4.69, 9.17) is 4.43 Å². The summed E-state index contributed by atoms with van der Waals surface area (Å²) in [7, 11) is -1.83. The first kappa shape index (κ1) is 23.8. The molecular weight excluding hydrogens is 364 g/mol. The van der Waals surface area contributed by atoms with Crippen molar-refractivity contribution in [2.45, 2.75) is 117 Å². The summed E-state index contributed by atoms with van der Waals surface area (Å²) in [5.74, 6) is 3.20. The van der Waals surface area contributed by atoms with E-state index in [1.807, 2.05) is 0 Å². The van der Waals surface area contributed by atoms with E-state index in [9.17, 15) is 9.59 Å². The Balaban J connectivity index is 1.83. The van der Waals surface area contributed by atoms with E-state index in [0.29, 0.717) is 48.1 Å². The van der Waals surface area contributed by atoms with Gasteiger partial charge in [0.05, 0.1) is 6.10 Å². The zero-order valence-corrected chi connectivity index (χ0v) is 20.5. The summed E-state index contributed by atoms with van der Waals surface area (Å²) in [6.07, 6.45) is 8.72. The van der Waals surface area contributed by atoms with Gasteiger partial charge in [-0.05, 0) is 61.1 Å². The molecule has 2 rings (SSSR count). The monoisotopic (exact) mass is 408 g/mol. The van der Waals surface area contributed by atoms with Gasteiger partial charge in [0.1, 0.15) is 11.6 Å². The Hall–Kier alpha value is -0.483. The third-order valence-corrected chi connectivity index (χ3v) is 12.3. The fourth-order valence-electron chi connectivity index (χ4n) is 5.00. The molecule has 0 aromatic carbocycles. The second kappa shape index (κ2) is 9.55. The van der Waals surface area contributed by atoms with Crippen LogP contribution in [0.1, 0.15) is 92.4 Å². The van der Waals surface area contributed by atoms with E-state index in [2.05, 4.69) is 47.7 Å². The summed E-state index contributed by atoms with van der Waals surface area (Å²) < 4.78 is 6.63. The molecule has 162 valence electrons. The molecule has 0 aliphatic heterocycles. The summed E-state index contributed by atoms with van der Waals surface area (Å²) in [6, 6.07) is 0. The Morgan fingerprint density at radius 2 is 1.54 bits per heavy atom. The standard InChI is InChI=1S/C24H44O3Si/c1-17(2)22-13-12-20(25)14-18(22)10-8-9-11-19-15-21(26)16-23(19)27-28(6,7)24(3,4)5/h17-19,22-23H,8-16H2,1-7H3. The Bertz CT molecular complexity index is 547. The third kappa shape index (κ3) is 6.26. The van der Waals surface area contributed by atoms with Crippen molar-refractivity contribution in [1.82, 2.24) is 0 Å². The van der Waals surface area contributed by atoms with Crippen LogP contribution in [0.3, 0.4) is 0 Å². The number of carbonyl (C=O) groups is 2. The second-order valence-electron chi connectivity index (χ2n) is 11.4. The molecule has 2 aliphatic carbocycles. The molecule has 0 radical (unpaired) electrons. The van der Waals surface area contributed by atoms with Crippen molar-refractivity contribution in [2.75, 3.05) is 0 Å². The maximum atomic E-state index is 12.1. The van der Waals surface area contributed by atoms with Crippen LogP contribution in [0.2, 0.25) is 18.1 Å². The van der Waals surface area contributed by atoms with E-state index in [0.717, 1.165) is 32.1 Å². The van der Waals surface area contributed by atoms with Gasteiger partial charge in [-0.1, -0.05) is 47.5 Å². The lowest BCUT2D eigenvalue weighted by Gasteiger charge is -2.39. The zero-order chi connectivity index (χ0) is 21.1. The molecule has 2 fully saturated rings. The first-order chi connectivity index (χ1) is 12.9. The molecule has 4 atom stereocenters. The average Bonchev–Trinajstić information content (AvgIpc) is 2.89. The van der Waals surface area contributed by atoms with E-state index in [-0.39, 0.29) is 11.1 Å². The fraction of sp³-hybridized carbons (Fsp3) is 0.917. The van der Waals surface area contributed by atoms with Crippen molar-refractivity contribution in [3.8, 4) is 0 Å². The van der Waals surface area contributed by atoms with E-state index < -0.39 is 8.32 Å². The van der Waals surface area contributed by atoms with Gasteiger partial charge in [-0.2, -0.15) is 0 Å². The quantitative estimate of drug-likeness (QED) is 0.337. The minimum absolute atomic E-state index is 0.132. The molecular formula is C24H44O3Si. The molecule has 3 nitrogen and oxygen atoms in total. The summed E-state index contributed by atoms with van der Waals surface area (Å²) >= 11 is 0. The molecule has 0 amide bonds. The zero-order valence-electron chi connectivity index (χ0n) is 19.5. The van der Waals surface area contributed by atoms with Gasteiger partial charge in [-0.15, -0.1) is 0 Å². The van der Waals surface area contributed by atoms with Gasteiger partial charge in [0, 0.05) is 25.7 Å². The molecule has 4 heteroatoms. The molecule has 0 spiro atoms. The smallest absolute Gasteiger partial charge is 0.192 e. The number of carbonyl (C=O) groups excluding carboxylic acids is 2. The maximum absolute atomic E-state index is 12.1. The van der Waals surface area contributed by atoms with E-state index >= 15 is 0 Å². The van der Waals surface area contributed by atoms with Crippen LogP contribution in [0.25, 0.3) is 0 Å².